The molecule has 1 aromatic carbocycles. The third-order valence-electron chi connectivity index (χ3n) is 7.27. The molecule has 0 aromatic heterocycles. The van der Waals surface area contributed by atoms with Gasteiger partial charge in [-0.05, 0) is 76.2 Å². The molecule has 0 bridgehead atoms. The Hall–Kier alpha value is -1.91. The van der Waals surface area contributed by atoms with Crippen LogP contribution in [0.5, 0.6) is 0 Å². The zero-order valence-electron chi connectivity index (χ0n) is 20.3. The highest BCUT2D eigenvalue weighted by Gasteiger charge is 2.43. The highest BCUT2D eigenvalue weighted by atomic mass is 16.3. The number of hydrogen-bond acceptors (Lipinski definition) is 3. The van der Waals surface area contributed by atoms with Gasteiger partial charge >= 0.3 is 0 Å². The Balaban J connectivity index is 1.49. The van der Waals surface area contributed by atoms with Crippen LogP contribution in [0.1, 0.15) is 63.0 Å². The second-order valence-electron chi connectivity index (χ2n) is 10.4. The zero-order valence-corrected chi connectivity index (χ0v) is 20.3. The molecule has 0 heterocycles. The lowest BCUT2D eigenvalue weighted by molar-refractivity contribution is -0.128. The van der Waals surface area contributed by atoms with Crippen molar-refractivity contribution in [3.63, 3.8) is 0 Å². The van der Waals surface area contributed by atoms with E-state index in [0.29, 0.717) is 24.7 Å². The monoisotopic (exact) mass is 439 g/mol. The molecular formula is C28H41NO3. The Labute approximate surface area is 194 Å². The standard InChI is InChI=1S/C28H41NO3/c1-20-8-7-10-21(16-20)12-14-28(2,32)15-13-24-25-18-22(17-23(25)19-26(24)30)9-5-6-11-27(31)29(3)4/h7-8,10,13,15-17,23-26,30,32H,5-6,9,11-12,14,18-19H2,1-4H3/b15-13+/t23-,24+,25-,26+,28-/m0/s1. The summed E-state index contributed by atoms with van der Waals surface area (Å²) < 4.78 is 0. The van der Waals surface area contributed by atoms with Gasteiger partial charge < -0.3 is 15.1 Å². The van der Waals surface area contributed by atoms with Crippen molar-refractivity contribution in [3.05, 3.63) is 59.2 Å². The van der Waals surface area contributed by atoms with E-state index in [0.717, 1.165) is 38.5 Å². The van der Waals surface area contributed by atoms with Crippen LogP contribution in [0.3, 0.4) is 0 Å². The predicted molar refractivity (Wildman–Crippen MR) is 130 cm³/mol. The normalized spacial score (nSPS) is 26.8. The molecule has 0 aliphatic heterocycles. The third kappa shape index (κ3) is 6.79. The number of benzene rings is 1. The van der Waals surface area contributed by atoms with Crippen LogP contribution >= 0.6 is 0 Å². The van der Waals surface area contributed by atoms with Gasteiger partial charge in [-0.3, -0.25) is 4.79 Å². The summed E-state index contributed by atoms with van der Waals surface area (Å²) in [7, 11) is 3.61. The largest absolute Gasteiger partial charge is 0.392 e. The van der Waals surface area contributed by atoms with Crippen molar-refractivity contribution in [1.82, 2.24) is 4.90 Å². The van der Waals surface area contributed by atoms with E-state index in [-0.39, 0.29) is 17.9 Å². The first-order valence-electron chi connectivity index (χ1n) is 12.2. The first kappa shape index (κ1) is 24.7. The van der Waals surface area contributed by atoms with E-state index < -0.39 is 5.60 Å². The van der Waals surface area contributed by atoms with Gasteiger partial charge in [-0.2, -0.15) is 0 Å². The number of carbonyl (C=O) groups excluding carboxylic acids is 1. The summed E-state index contributed by atoms with van der Waals surface area (Å²) in [6.07, 6.45) is 13.0. The summed E-state index contributed by atoms with van der Waals surface area (Å²) >= 11 is 0. The molecule has 3 rings (SSSR count). The molecule has 0 radical (unpaired) electrons. The number of aryl methyl sites for hydroxylation is 2. The molecule has 0 unspecified atom stereocenters. The summed E-state index contributed by atoms with van der Waals surface area (Å²) in [6, 6.07) is 8.44. The fourth-order valence-electron chi connectivity index (χ4n) is 5.31. The lowest BCUT2D eigenvalue weighted by Crippen LogP contribution is -2.24. The maximum atomic E-state index is 11.7. The van der Waals surface area contributed by atoms with Crippen molar-refractivity contribution in [1.29, 1.82) is 0 Å². The smallest absolute Gasteiger partial charge is 0.222 e. The van der Waals surface area contributed by atoms with E-state index in [1.807, 2.05) is 27.1 Å². The van der Waals surface area contributed by atoms with Gasteiger partial charge in [0, 0.05) is 26.4 Å². The number of rotatable bonds is 10. The van der Waals surface area contributed by atoms with Crippen LogP contribution < -0.4 is 0 Å². The average molecular weight is 440 g/mol. The molecule has 5 atom stereocenters. The van der Waals surface area contributed by atoms with Crippen LogP contribution in [-0.4, -0.2) is 46.8 Å². The fourth-order valence-corrected chi connectivity index (χ4v) is 5.31. The minimum Gasteiger partial charge on any atom is -0.392 e. The number of hydrogen-bond donors (Lipinski definition) is 2. The van der Waals surface area contributed by atoms with E-state index in [9.17, 15) is 15.0 Å². The van der Waals surface area contributed by atoms with Crippen LogP contribution in [-0.2, 0) is 11.2 Å². The van der Waals surface area contributed by atoms with E-state index >= 15 is 0 Å². The van der Waals surface area contributed by atoms with Crippen molar-refractivity contribution in [2.75, 3.05) is 14.1 Å². The molecular weight excluding hydrogens is 398 g/mol. The van der Waals surface area contributed by atoms with Crippen LogP contribution in [0.25, 0.3) is 0 Å². The number of allylic oxidation sites excluding steroid dienone is 2. The van der Waals surface area contributed by atoms with Crippen molar-refractivity contribution >= 4 is 5.91 Å². The SMILES string of the molecule is Cc1cccc(CC[C@](C)(O)/C=C/[C@@H]2[C@H]3CC(CCCCC(=O)N(C)C)=C[C@H]3C[C@H]2O)c1. The van der Waals surface area contributed by atoms with Crippen LogP contribution in [0.2, 0.25) is 0 Å². The summed E-state index contributed by atoms with van der Waals surface area (Å²) in [5.74, 6) is 1.18. The quantitative estimate of drug-likeness (QED) is 0.406. The van der Waals surface area contributed by atoms with E-state index in [2.05, 4.69) is 43.3 Å². The third-order valence-corrected chi connectivity index (χ3v) is 7.27. The molecule has 0 saturated heterocycles. The number of fused-ring (bicyclic) bond motifs is 1. The van der Waals surface area contributed by atoms with Crippen molar-refractivity contribution < 1.29 is 15.0 Å². The summed E-state index contributed by atoms with van der Waals surface area (Å²) in [5.41, 5.74) is 3.09. The number of unbranched alkanes of at least 4 members (excludes halogenated alkanes) is 1. The van der Waals surface area contributed by atoms with E-state index in [4.69, 9.17) is 0 Å². The second-order valence-corrected chi connectivity index (χ2v) is 10.4. The summed E-state index contributed by atoms with van der Waals surface area (Å²) in [4.78, 5) is 13.4. The Morgan fingerprint density at radius 3 is 2.75 bits per heavy atom. The van der Waals surface area contributed by atoms with Gasteiger partial charge in [-0.1, -0.05) is 53.6 Å². The number of nitrogens with zero attached hydrogens (tertiary/aromatic N) is 1. The first-order chi connectivity index (χ1) is 15.1. The molecule has 0 spiro atoms. The summed E-state index contributed by atoms with van der Waals surface area (Å²) in [6.45, 7) is 3.96. The Bertz CT molecular complexity index is 839. The minimum atomic E-state index is -0.880. The number of aliphatic hydroxyl groups is 2. The topological polar surface area (TPSA) is 60.8 Å². The fraction of sp³-hybridized carbons (Fsp3) is 0.607. The van der Waals surface area contributed by atoms with Gasteiger partial charge in [-0.25, -0.2) is 0 Å². The van der Waals surface area contributed by atoms with E-state index in [1.165, 1.54) is 16.7 Å². The maximum absolute atomic E-state index is 11.7. The molecule has 32 heavy (non-hydrogen) atoms. The molecule has 1 fully saturated rings. The molecule has 1 saturated carbocycles. The van der Waals surface area contributed by atoms with Crippen molar-refractivity contribution in [2.24, 2.45) is 17.8 Å². The maximum Gasteiger partial charge on any atom is 0.222 e. The molecule has 2 aliphatic carbocycles. The van der Waals surface area contributed by atoms with E-state index in [1.54, 1.807) is 4.90 Å². The lowest BCUT2D eigenvalue weighted by atomic mass is 9.87. The highest BCUT2D eigenvalue weighted by Crippen LogP contribution is 2.48. The zero-order chi connectivity index (χ0) is 23.3. The minimum absolute atomic E-state index is 0.106. The molecule has 2 aliphatic rings. The molecule has 176 valence electrons. The first-order valence-corrected chi connectivity index (χ1v) is 12.2. The molecule has 1 amide bonds. The van der Waals surface area contributed by atoms with Gasteiger partial charge in [0.15, 0.2) is 0 Å². The van der Waals surface area contributed by atoms with Crippen LogP contribution in [0, 0.1) is 24.7 Å². The van der Waals surface area contributed by atoms with Crippen molar-refractivity contribution in [2.45, 2.75) is 76.9 Å². The number of aliphatic hydroxyl groups excluding tert-OH is 1. The highest BCUT2D eigenvalue weighted by molar-refractivity contribution is 5.75. The second kappa shape index (κ2) is 10.8. The van der Waals surface area contributed by atoms with Crippen molar-refractivity contribution in [3.8, 4) is 0 Å². The van der Waals surface area contributed by atoms with Gasteiger partial charge in [-0.15, -0.1) is 0 Å². The molecule has 4 nitrogen and oxygen atoms in total. The number of carbonyl (C=O) groups is 1. The van der Waals surface area contributed by atoms with Crippen LogP contribution in [0.15, 0.2) is 48.1 Å². The van der Waals surface area contributed by atoms with Gasteiger partial charge in [0.05, 0.1) is 11.7 Å². The predicted octanol–water partition coefficient (Wildman–Crippen LogP) is 4.83. The molecule has 2 N–H and O–H groups in total. The Kier molecular flexibility index (Phi) is 8.35. The average Bonchev–Trinajstić information content (AvgIpc) is 3.24. The van der Waals surface area contributed by atoms with Gasteiger partial charge in [0.1, 0.15) is 0 Å². The van der Waals surface area contributed by atoms with Gasteiger partial charge in [0.2, 0.25) is 5.91 Å². The Morgan fingerprint density at radius 1 is 1.25 bits per heavy atom. The molecule has 1 aromatic rings. The van der Waals surface area contributed by atoms with Gasteiger partial charge in [0.25, 0.3) is 0 Å². The summed E-state index contributed by atoms with van der Waals surface area (Å²) in [5, 5.41) is 21.5. The lowest BCUT2D eigenvalue weighted by Gasteiger charge is -2.23. The molecule has 4 heteroatoms. The number of amides is 1. The Morgan fingerprint density at radius 2 is 2.03 bits per heavy atom. The van der Waals surface area contributed by atoms with Crippen LogP contribution in [0.4, 0.5) is 0 Å².